The second kappa shape index (κ2) is 8.94. The number of amides is 1. The Bertz CT molecular complexity index is 912. The fourth-order valence-corrected chi connectivity index (χ4v) is 2.73. The number of rotatable bonds is 7. The summed E-state index contributed by atoms with van der Waals surface area (Å²) in [6.45, 7) is 6.39. The van der Waals surface area contributed by atoms with Gasteiger partial charge in [-0.05, 0) is 43.7 Å². The minimum atomic E-state index is -0.0995. The Morgan fingerprint density at radius 2 is 1.71 bits per heavy atom. The van der Waals surface area contributed by atoms with Crippen molar-refractivity contribution in [3.63, 3.8) is 0 Å². The van der Waals surface area contributed by atoms with Crippen LogP contribution in [0.5, 0.6) is 0 Å². The first-order chi connectivity index (χ1) is 13.5. The van der Waals surface area contributed by atoms with Crippen molar-refractivity contribution in [2.45, 2.75) is 33.4 Å². The summed E-state index contributed by atoms with van der Waals surface area (Å²) in [7, 11) is 0. The second-order valence-corrected chi connectivity index (χ2v) is 6.73. The lowest BCUT2D eigenvalue weighted by Crippen LogP contribution is -2.32. The number of aromatic nitrogens is 3. The van der Waals surface area contributed by atoms with E-state index in [4.69, 9.17) is 0 Å². The SMILES string of the molecule is CC(=O)Nc1ccc(Nc2cnnc(N(Cc3ccccc3)C(C)C)n2)cc1. The first-order valence-electron chi connectivity index (χ1n) is 9.16. The predicted octanol–water partition coefficient (Wildman–Crippen LogP) is 3.99. The highest BCUT2D eigenvalue weighted by atomic mass is 16.1. The molecule has 3 rings (SSSR count). The quantitative estimate of drug-likeness (QED) is 0.649. The molecule has 1 aromatic heterocycles. The molecular weight excluding hydrogens is 352 g/mol. The molecule has 0 saturated heterocycles. The lowest BCUT2D eigenvalue weighted by atomic mass is 10.2. The molecule has 0 spiro atoms. The maximum absolute atomic E-state index is 11.1. The molecule has 0 fully saturated rings. The molecule has 0 radical (unpaired) electrons. The van der Waals surface area contributed by atoms with Gasteiger partial charge in [-0.3, -0.25) is 4.79 Å². The average molecular weight is 376 g/mol. The van der Waals surface area contributed by atoms with E-state index < -0.39 is 0 Å². The molecule has 0 atom stereocenters. The van der Waals surface area contributed by atoms with Crippen LogP contribution in [-0.4, -0.2) is 27.1 Å². The van der Waals surface area contributed by atoms with Gasteiger partial charge < -0.3 is 15.5 Å². The topological polar surface area (TPSA) is 83.0 Å². The van der Waals surface area contributed by atoms with Crippen LogP contribution in [0.4, 0.5) is 23.1 Å². The van der Waals surface area contributed by atoms with E-state index in [-0.39, 0.29) is 11.9 Å². The van der Waals surface area contributed by atoms with Gasteiger partial charge in [0.2, 0.25) is 11.9 Å². The monoisotopic (exact) mass is 376 g/mol. The van der Waals surface area contributed by atoms with Crippen LogP contribution >= 0.6 is 0 Å². The summed E-state index contributed by atoms with van der Waals surface area (Å²) in [5.41, 5.74) is 2.78. The number of anilines is 4. The van der Waals surface area contributed by atoms with Crippen molar-refractivity contribution in [2.75, 3.05) is 15.5 Å². The summed E-state index contributed by atoms with van der Waals surface area (Å²) >= 11 is 0. The first kappa shape index (κ1) is 19.3. The van der Waals surface area contributed by atoms with Crippen LogP contribution in [0.2, 0.25) is 0 Å². The molecule has 1 amide bonds. The van der Waals surface area contributed by atoms with Crippen molar-refractivity contribution in [2.24, 2.45) is 0 Å². The summed E-state index contributed by atoms with van der Waals surface area (Å²) in [4.78, 5) is 17.9. The Balaban J connectivity index is 1.75. The third-order valence-electron chi connectivity index (χ3n) is 4.10. The largest absolute Gasteiger partial charge is 0.339 e. The normalized spacial score (nSPS) is 10.6. The molecule has 3 aromatic rings. The van der Waals surface area contributed by atoms with Crippen LogP contribution in [0, 0.1) is 0 Å². The van der Waals surface area contributed by atoms with Crippen LogP contribution in [-0.2, 0) is 11.3 Å². The van der Waals surface area contributed by atoms with Gasteiger partial charge in [-0.1, -0.05) is 30.3 Å². The van der Waals surface area contributed by atoms with Crippen LogP contribution < -0.4 is 15.5 Å². The van der Waals surface area contributed by atoms with E-state index in [0.29, 0.717) is 18.3 Å². The zero-order valence-electron chi connectivity index (χ0n) is 16.3. The van der Waals surface area contributed by atoms with Crippen molar-refractivity contribution in [3.05, 3.63) is 66.4 Å². The zero-order chi connectivity index (χ0) is 19.9. The van der Waals surface area contributed by atoms with Gasteiger partial charge in [0.05, 0.1) is 6.20 Å². The lowest BCUT2D eigenvalue weighted by Gasteiger charge is -2.26. The van der Waals surface area contributed by atoms with Crippen molar-refractivity contribution < 1.29 is 4.79 Å². The summed E-state index contributed by atoms with van der Waals surface area (Å²) in [6.07, 6.45) is 1.59. The van der Waals surface area contributed by atoms with Crippen molar-refractivity contribution in [1.29, 1.82) is 0 Å². The number of nitrogens with zero attached hydrogens (tertiary/aromatic N) is 4. The van der Waals surface area contributed by atoms with Crippen LogP contribution in [0.25, 0.3) is 0 Å². The van der Waals surface area contributed by atoms with Crippen LogP contribution in [0.15, 0.2) is 60.8 Å². The lowest BCUT2D eigenvalue weighted by molar-refractivity contribution is -0.114. The number of carbonyl (C=O) groups excluding carboxylic acids is 1. The van der Waals surface area contributed by atoms with E-state index in [0.717, 1.165) is 11.4 Å². The summed E-state index contributed by atoms with van der Waals surface area (Å²) < 4.78 is 0. The van der Waals surface area contributed by atoms with Crippen molar-refractivity contribution >= 4 is 29.0 Å². The molecule has 28 heavy (non-hydrogen) atoms. The Morgan fingerprint density at radius 1 is 1.04 bits per heavy atom. The van der Waals surface area contributed by atoms with Gasteiger partial charge in [-0.15, -0.1) is 5.10 Å². The number of hydrogen-bond acceptors (Lipinski definition) is 6. The van der Waals surface area contributed by atoms with E-state index in [9.17, 15) is 4.79 Å². The van der Waals surface area contributed by atoms with Crippen molar-refractivity contribution in [1.82, 2.24) is 15.2 Å². The average Bonchev–Trinajstić information content (AvgIpc) is 2.68. The third-order valence-corrected chi connectivity index (χ3v) is 4.10. The number of hydrogen-bond donors (Lipinski definition) is 2. The number of nitrogens with one attached hydrogen (secondary N) is 2. The molecule has 7 nitrogen and oxygen atoms in total. The van der Waals surface area contributed by atoms with Gasteiger partial charge in [0.25, 0.3) is 0 Å². The van der Waals surface area contributed by atoms with Crippen LogP contribution in [0.3, 0.4) is 0 Å². The molecule has 2 N–H and O–H groups in total. The highest BCUT2D eigenvalue weighted by molar-refractivity contribution is 5.88. The number of carbonyl (C=O) groups is 1. The maximum atomic E-state index is 11.1. The van der Waals surface area contributed by atoms with Crippen molar-refractivity contribution in [3.8, 4) is 0 Å². The molecule has 0 aliphatic carbocycles. The molecule has 0 bridgehead atoms. The standard InChI is InChI=1S/C21H24N6O/c1-15(2)27(14-17-7-5-4-6-8-17)21-25-20(13-22-26-21)24-19-11-9-18(10-12-19)23-16(3)28/h4-13,15H,14H2,1-3H3,(H,23,28)(H,24,25,26). The van der Waals surface area contributed by atoms with Gasteiger partial charge in [0.15, 0.2) is 5.82 Å². The molecular formula is C21H24N6O. The zero-order valence-corrected chi connectivity index (χ0v) is 16.3. The Labute approximate surface area is 164 Å². The van der Waals surface area contributed by atoms with E-state index >= 15 is 0 Å². The van der Waals surface area contributed by atoms with Gasteiger partial charge >= 0.3 is 0 Å². The van der Waals surface area contributed by atoms with Gasteiger partial charge in [-0.25, -0.2) is 0 Å². The van der Waals surface area contributed by atoms with E-state index in [1.54, 1.807) is 6.20 Å². The third kappa shape index (κ3) is 5.26. The summed E-state index contributed by atoms with van der Waals surface area (Å²) in [5, 5.41) is 14.3. The summed E-state index contributed by atoms with van der Waals surface area (Å²) in [5.74, 6) is 1.08. The highest BCUT2D eigenvalue weighted by Gasteiger charge is 2.15. The smallest absolute Gasteiger partial charge is 0.247 e. The molecule has 0 saturated carbocycles. The first-order valence-corrected chi connectivity index (χ1v) is 9.16. The predicted molar refractivity (Wildman–Crippen MR) is 112 cm³/mol. The number of benzene rings is 2. The molecule has 7 heteroatoms. The maximum Gasteiger partial charge on any atom is 0.247 e. The molecule has 0 aliphatic rings. The minimum Gasteiger partial charge on any atom is -0.339 e. The fraction of sp³-hybridized carbons (Fsp3) is 0.238. The Hall–Kier alpha value is -3.48. The summed E-state index contributed by atoms with van der Waals surface area (Å²) in [6, 6.07) is 17.8. The molecule has 1 heterocycles. The molecule has 0 unspecified atom stereocenters. The molecule has 144 valence electrons. The van der Waals surface area contributed by atoms with E-state index in [1.165, 1.54) is 12.5 Å². The highest BCUT2D eigenvalue weighted by Crippen LogP contribution is 2.20. The van der Waals surface area contributed by atoms with Gasteiger partial charge in [0.1, 0.15) is 0 Å². The Kier molecular flexibility index (Phi) is 6.16. The van der Waals surface area contributed by atoms with Gasteiger partial charge in [-0.2, -0.15) is 10.1 Å². The van der Waals surface area contributed by atoms with Gasteiger partial charge in [0, 0.05) is 30.9 Å². The molecule has 2 aromatic carbocycles. The van der Waals surface area contributed by atoms with E-state index in [2.05, 4.69) is 56.7 Å². The fourth-order valence-electron chi connectivity index (χ4n) is 2.73. The van der Waals surface area contributed by atoms with Crippen LogP contribution in [0.1, 0.15) is 26.3 Å². The Morgan fingerprint density at radius 3 is 2.36 bits per heavy atom. The second-order valence-electron chi connectivity index (χ2n) is 6.73. The van der Waals surface area contributed by atoms with E-state index in [1.807, 2.05) is 42.5 Å². The molecule has 0 aliphatic heterocycles. The minimum absolute atomic E-state index is 0.0995.